The molecule has 0 radical (unpaired) electrons. The Hall–Kier alpha value is -2.02. The normalized spacial score (nSPS) is 48.3. The van der Waals surface area contributed by atoms with Gasteiger partial charge in [-0.15, -0.1) is 0 Å². The zero-order valence-corrected chi connectivity index (χ0v) is 35.3. The fraction of sp³-hybridized carbons (Fsp3) is 0.946. The molecule has 65 heavy (non-hydrogen) atoms. The van der Waals surface area contributed by atoms with Crippen LogP contribution in [0.25, 0.3) is 0 Å². The Morgan fingerprint density at radius 1 is 0.631 bits per heavy atom. The topological polar surface area (TPSA) is 453 Å². The van der Waals surface area contributed by atoms with E-state index in [2.05, 4.69) is 5.32 Å². The molecule has 26 atom stereocenters. The molecule has 5 aliphatic rings. The molecule has 378 valence electrons. The van der Waals surface area contributed by atoms with Gasteiger partial charge in [-0.05, 0) is 6.92 Å². The summed E-state index contributed by atoms with van der Waals surface area (Å²) in [7, 11) is 0. The number of carboxylic acids is 1. The molecule has 1 amide bonds. The summed E-state index contributed by atoms with van der Waals surface area (Å²) in [5.74, 6) is -7.16. The third-order valence-electron chi connectivity index (χ3n) is 12.3. The van der Waals surface area contributed by atoms with Crippen molar-refractivity contribution in [3.63, 3.8) is 0 Å². The first-order chi connectivity index (χ1) is 30.6. The summed E-state index contributed by atoms with van der Waals surface area (Å²) in [6, 6.07) is -1.80. The Morgan fingerprint density at radius 3 is 1.72 bits per heavy atom. The number of ether oxygens (including phenoxy) is 9. The van der Waals surface area contributed by atoms with Gasteiger partial charge in [0.15, 0.2) is 18.9 Å². The average Bonchev–Trinajstić information content (AvgIpc) is 3.27. The molecule has 0 aromatic rings. The van der Waals surface area contributed by atoms with E-state index < -0.39 is 210 Å². The van der Waals surface area contributed by atoms with Gasteiger partial charge in [0.05, 0.1) is 51.3 Å². The van der Waals surface area contributed by atoms with Gasteiger partial charge < -0.3 is 130 Å². The highest BCUT2D eigenvalue weighted by atomic mass is 16.8. The second-order valence-electron chi connectivity index (χ2n) is 16.8. The summed E-state index contributed by atoms with van der Waals surface area (Å²) in [4.78, 5) is 26.0. The average molecular weight is 954 g/mol. The Balaban J connectivity index is 1.58. The van der Waals surface area contributed by atoms with E-state index in [0.29, 0.717) is 0 Å². The monoisotopic (exact) mass is 953 g/mol. The number of carboxylic acid groups (broad SMARTS) is 1. The predicted octanol–water partition coefficient (Wildman–Crippen LogP) is -10.2. The number of rotatable bonds is 17. The van der Waals surface area contributed by atoms with Crippen molar-refractivity contribution in [1.29, 1.82) is 0 Å². The molecule has 5 saturated heterocycles. The maximum Gasteiger partial charge on any atom is 0.364 e. The van der Waals surface area contributed by atoms with Crippen LogP contribution in [0.15, 0.2) is 0 Å². The molecule has 5 heterocycles. The van der Waals surface area contributed by atoms with Gasteiger partial charge in [0.1, 0.15) is 110 Å². The lowest BCUT2D eigenvalue weighted by molar-refractivity contribution is -0.401. The van der Waals surface area contributed by atoms with E-state index in [1.165, 1.54) is 13.8 Å². The van der Waals surface area contributed by atoms with Gasteiger partial charge >= 0.3 is 5.97 Å². The number of carbonyl (C=O) groups excluding carboxylic acids is 1. The maximum atomic E-state index is 13.3. The van der Waals surface area contributed by atoms with Gasteiger partial charge in [-0.1, -0.05) is 6.92 Å². The van der Waals surface area contributed by atoms with Crippen molar-refractivity contribution in [2.75, 3.05) is 33.0 Å². The minimum atomic E-state index is -3.13. The van der Waals surface area contributed by atoms with Crippen LogP contribution in [0.1, 0.15) is 27.2 Å². The molecule has 28 nitrogen and oxygen atoms in total. The van der Waals surface area contributed by atoms with Crippen molar-refractivity contribution < 1.29 is 134 Å². The number of carbonyl (C=O) groups is 2. The van der Waals surface area contributed by atoms with Crippen LogP contribution in [0, 0.1) is 5.92 Å². The number of aliphatic carboxylic acids is 1. The zero-order valence-electron chi connectivity index (χ0n) is 35.3. The predicted molar refractivity (Wildman–Crippen MR) is 202 cm³/mol. The van der Waals surface area contributed by atoms with Crippen molar-refractivity contribution in [1.82, 2.24) is 5.32 Å². The van der Waals surface area contributed by atoms with Crippen LogP contribution in [-0.2, 0) is 52.2 Å². The van der Waals surface area contributed by atoms with Gasteiger partial charge in [-0.2, -0.15) is 0 Å². The fourth-order valence-electron chi connectivity index (χ4n) is 8.52. The highest BCUT2D eigenvalue weighted by Crippen LogP contribution is 2.42. The first-order valence-corrected chi connectivity index (χ1v) is 20.9. The van der Waals surface area contributed by atoms with Crippen LogP contribution >= 0.6 is 0 Å². The second-order valence-corrected chi connectivity index (χ2v) is 16.8. The minimum absolute atomic E-state index is 0.820. The molecule has 5 fully saturated rings. The summed E-state index contributed by atoms with van der Waals surface area (Å²) >= 11 is 0. The van der Waals surface area contributed by atoms with Crippen LogP contribution in [0.4, 0.5) is 0 Å². The van der Waals surface area contributed by atoms with E-state index in [-0.39, 0.29) is 0 Å². The number of hydrogen-bond donors (Lipinski definition) is 17. The standard InChI is InChI=1S/C37H63NO27/c1-10-13(45)4-37(36(55)56,64-28(10)21(48)14(46)5-39)65-32-27(54)35(61-29-17(8-42)57-11(2)20(47)25(29)52)60-18(9-43)30(32)62-33-19(38-12(3)44)31(23(50)16(7-41)58-33)63-34-26(53)24(51)22(49)15(6-40)59-34/h10-11,13-35,39-43,45-54H,4-9H2,1-3H3,(H,38,44)(H,55,56)/t10-,11?,13?,14-,15?,16?,17?,18?,19?,20?,21-,22+,23+,24+,25-,26?,27?,28-,29-,30+,31-,32-,33+,34+,35+,37+/m1/s1. The molecule has 5 aliphatic heterocycles. The molecule has 17 N–H and O–H groups in total. The molecule has 0 saturated carbocycles. The van der Waals surface area contributed by atoms with Gasteiger partial charge in [0.2, 0.25) is 5.91 Å². The number of nitrogens with one attached hydrogen (secondary N) is 1. The van der Waals surface area contributed by atoms with Crippen LogP contribution in [0.5, 0.6) is 0 Å². The van der Waals surface area contributed by atoms with Crippen molar-refractivity contribution in [2.45, 2.75) is 180 Å². The fourth-order valence-corrected chi connectivity index (χ4v) is 8.52. The summed E-state index contributed by atoms with van der Waals surface area (Å²) in [6.07, 6.45) is -43.8. The number of aliphatic hydroxyl groups is 15. The Morgan fingerprint density at radius 2 is 1.15 bits per heavy atom. The van der Waals surface area contributed by atoms with Gasteiger partial charge in [0, 0.05) is 19.3 Å². The number of hydrogen-bond acceptors (Lipinski definition) is 26. The number of aliphatic hydroxyl groups excluding tert-OH is 15. The lowest BCUT2D eigenvalue weighted by Gasteiger charge is -2.52. The van der Waals surface area contributed by atoms with E-state index in [9.17, 15) is 91.3 Å². The molecule has 10 unspecified atom stereocenters. The zero-order chi connectivity index (χ0) is 48.4. The highest BCUT2D eigenvalue weighted by Gasteiger charge is 2.61. The second kappa shape index (κ2) is 22.6. The molecule has 28 heteroatoms. The molecule has 5 rings (SSSR count). The van der Waals surface area contributed by atoms with Gasteiger partial charge in [-0.25, -0.2) is 4.79 Å². The van der Waals surface area contributed by atoms with Gasteiger partial charge in [0.25, 0.3) is 5.79 Å². The third kappa shape index (κ3) is 11.2. The van der Waals surface area contributed by atoms with E-state index in [1.54, 1.807) is 0 Å². The minimum Gasteiger partial charge on any atom is -0.477 e. The summed E-state index contributed by atoms with van der Waals surface area (Å²) < 4.78 is 52.4. The van der Waals surface area contributed by atoms with Crippen LogP contribution in [0.2, 0.25) is 0 Å². The van der Waals surface area contributed by atoms with E-state index in [4.69, 9.17) is 42.6 Å². The van der Waals surface area contributed by atoms with Crippen LogP contribution < -0.4 is 5.32 Å². The van der Waals surface area contributed by atoms with Crippen molar-refractivity contribution in [2.24, 2.45) is 5.92 Å². The summed E-state index contributed by atoms with van der Waals surface area (Å²) in [6.45, 7) is -1.23. The summed E-state index contributed by atoms with van der Waals surface area (Å²) in [5.41, 5.74) is 0. The summed E-state index contributed by atoms with van der Waals surface area (Å²) in [5, 5.41) is 172. The van der Waals surface area contributed by atoms with Crippen LogP contribution in [-0.4, -0.2) is 279 Å². The lowest BCUT2D eigenvalue weighted by Crippen LogP contribution is -2.71. The SMILES string of the molecule is CC(=O)NC1[C@H](O[C@H]2C(CO)O[C@@H](O[C@@H]3C(CO)OC(C)C(O)[C@H]3O)C(O)[C@H]2O[C@]2(C(=O)O)CC(O)[C@@H](C)[C@H]([C@H](O)[C@H](O)CO)O2)OC(CO)[C@H](O)[C@@H]1O[C@@H]1OC(CO)[C@H](O)[C@H](O)C1O. The highest BCUT2D eigenvalue weighted by molar-refractivity contribution is 5.76. The largest absolute Gasteiger partial charge is 0.477 e. The van der Waals surface area contributed by atoms with E-state index >= 15 is 0 Å². The number of amides is 1. The molecule has 0 spiro atoms. The van der Waals surface area contributed by atoms with E-state index in [1.807, 2.05) is 0 Å². The van der Waals surface area contributed by atoms with Crippen molar-refractivity contribution in [3.05, 3.63) is 0 Å². The molecule has 0 bridgehead atoms. The Kier molecular flexibility index (Phi) is 18.8. The first kappa shape index (κ1) is 53.9. The van der Waals surface area contributed by atoms with E-state index in [0.717, 1.165) is 6.92 Å². The molecule has 0 aliphatic carbocycles. The van der Waals surface area contributed by atoms with Crippen molar-refractivity contribution in [3.8, 4) is 0 Å². The first-order valence-electron chi connectivity index (χ1n) is 20.9. The smallest absolute Gasteiger partial charge is 0.364 e. The van der Waals surface area contributed by atoms with Crippen LogP contribution in [0.3, 0.4) is 0 Å². The van der Waals surface area contributed by atoms with Crippen molar-refractivity contribution >= 4 is 11.9 Å². The lowest BCUT2D eigenvalue weighted by atomic mass is 9.84. The Bertz CT molecular complexity index is 1530. The molecular weight excluding hydrogens is 890 g/mol. The quantitative estimate of drug-likeness (QED) is 0.0644. The molecule has 0 aromatic carbocycles. The van der Waals surface area contributed by atoms with Gasteiger partial charge in [-0.3, -0.25) is 4.79 Å². The Labute approximate surface area is 369 Å². The third-order valence-corrected chi connectivity index (χ3v) is 12.3. The molecule has 0 aromatic heterocycles. The maximum absolute atomic E-state index is 13.3. The molecular formula is C37H63NO27.